The van der Waals surface area contributed by atoms with E-state index in [1.165, 1.54) is 35.0 Å². The van der Waals surface area contributed by atoms with Gasteiger partial charge in [0, 0.05) is 35.5 Å². The fraction of sp³-hybridized carbons (Fsp3) is 0.538. The Hall–Kier alpha value is -0.780. The van der Waals surface area contributed by atoms with Gasteiger partial charge in [0.25, 0.3) is 0 Å². The van der Waals surface area contributed by atoms with Crippen LogP contribution in [-0.4, -0.2) is 28.0 Å². The van der Waals surface area contributed by atoms with Crippen LogP contribution in [-0.2, 0) is 6.54 Å². The van der Waals surface area contributed by atoms with E-state index in [0.29, 0.717) is 5.92 Å². The van der Waals surface area contributed by atoms with Crippen molar-refractivity contribution >= 4 is 22.7 Å². The smallest absolute Gasteiger partial charge is 0.0968 e. The van der Waals surface area contributed by atoms with Crippen LogP contribution in [0.25, 0.3) is 0 Å². The van der Waals surface area contributed by atoms with Crippen LogP contribution in [0.5, 0.6) is 0 Å². The summed E-state index contributed by atoms with van der Waals surface area (Å²) in [7, 11) is 0. The van der Waals surface area contributed by atoms with Crippen molar-refractivity contribution < 1.29 is 0 Å². The van der Waals surface area contributed by atoms with E-state index in [1.54, 1.807) is 22.7 Å². The molecule has 1 fully saturated rings. The van der Waals surface area contributed by atoms with Crippen LogP contribution < -0.4 is 0 Å². The van der Waals surface area contributed by atoms with Crippen molar-refractivity contribution in [1.82, 2.24) is 14.9 Å². The molecule has 1 atom stereocenters. The highest BCUT2D eigenvalue weighted by Gasteiger charge is 2.23. The number of piperidine rings is 1. The number of aromatic nitrogens is 2. The molecule has 0 aromatic carbocycles. The molecule has 3 rings (SSSR count). The molecule has 2 aromatic rings. The van der Waals surface area contributed by atoms with E-state index >= 15 is 0 Å². The largest absolute Gasteiger partial charge is 0.297 e. The Balaban J connectivity index is 1.66. The Morgan fingerprint density at radius 2 is 2.33 bits per heavy atom. The molecule has 0 radical (unpaired) electrons. The topological polar surface area (TPSA) is 29.0 Å². The second kappa shape index (κ2) is 5.47. The summed E-state index contributed by atoms with van der Waals surface area (Å²) in [5, 5.41) is 3.39. The Bertz CT molecular complexity index is 492. The minimum atomic E-state index is 0.631. The lowest BCUT2D eigenvalue weighted by Gasteiger charge is -2.31. The van der Waals surface area contributed by atoms with E-state index in [4.69, 9.17) is 0 Å². The SMILES string of the molecule is Cc1ncsc1CN1CCCC(c2nccs2)C1. The van der Waals surface area contributed by atoms with Gasteiger partial charge in [0.15, 0.2) is 0 Å². The van der Waals surface area contributed by atoms with E-state index in [2.05, 4.69) is 27.2 Å². The summed E-state index contributed by atoms with van der Waals surface area (Å²) in [6.45, 7) is 5.51. The summed E-state index contributed by atoms with van der Waals surface area (Å²) < 4.78 is 0. The molecule has 3 nitrogen and oxygen atoms in total. The predicted octanol–water partition coefficient (Wildman–Crippen LogP) is 3.29. The normalized spacial score (nSPS) is 21.3. The average molecular weight is 279 g/mol. The van der Waals surface area contributed by atoms with Crippen LogP contribution in [0, 0.1) is 6.92 Å². The van der Waals surface area contributed by atoms with Gasteiger partial charge in [-0.25, -0.2) is 9.97 Å². The van der Waals surface area contributed by atoms with Gasteiger partial charge in [-0.2, -0.15) is 0 Å². The van der Waals surface area contributed by atoms with Gasteiger partial charge in [0.2, 0.25) is 0 Å². The molecule has 2 aromatic heterocycles. The van der Waals surface area contributed by atoms with Crippen molar-refractivity contribution in [3.05, 3.63) is 32.7 Å². The van der Waals surface area contributed by atoms with Gasteiger partial charge in [-0.15, -0.1) is 22.7 Å². The molecule has 0 amide bonds. The number of aryl methyl sites for hydroxylation is 1. The third-order valence-corrected chi connectivity index (χ3v) is 5.38. The molecule has 1 aliphatic rings. The number of rotatable bonds is 3. The highest BCUT2D eigenvalue weighted by atomic mass is 32.1. The minimum absolute atomic E-state index is 0.631. The lowest BCUT2D eigenvalue weighted by atomic mass is 9.99. The number of likely N-dealkylation sites (tertiary alicyclic amines) is 1. The second-order valence-corrected chi connectivity index (χ2v) is 6.67. The van der Waals surface area contributed by atoms with Crippen LogP contribution in [0.1, 0.15) is 34.3 Å². The van der Waals surface area contributed by atoms with Gasteiger partial charge >= 0.3 is 0 Å². The Kier molecular flexibility index (Phi) is 3.72. The van der Waals surface area contributed by atoms with Gasteiger partial charge in [-0.05, 0) is 26.3 Å². The van der Waals surface area contributed by atoms with E-state index in [0.717, 1.165) is 13.1 Å². The van der Waals surface area contributed by atoms with Crippen molar-refractivity contribution in [2.45, 2.75) is 32.2 Å². The molecule has 1 saturated heterocycles. The predicted molar refractivity (Wildman–Crippen MR) is 76.2 cm³/mol. The standard InChI is InChI=1S/C13H17N3S2/c1-10-12(18-9-15-10)8-16-5-2-3-11(7-16)13-14-4-6-17-13/h4,6,9,11H,2-3,5,7-8H2,1H3. The first-order valence-corrected chi connectivity index (χ1v) is 8.09. The third-order valence-electron chi connectivity index (χ3n) is 3.52. The maximum atomic E-state index is 4.47. The zero-order valence-electron chi connectivity index (χ0n) is 10.5. The zero-order chi connectivity index (χ0) is 12.4. The third kappa shape index (κ3) is 2.63. The van der Waals surface area contributed by atoms with Crippen molar-refractivity contribution in [3.63, 3.8) is 0 Å². The van der Waals surface area contributed by atoms with Gasteiger partial charge in [0.1, 0.15) is 0 Å². The number of thiazole rings is 2. The number of hydrogen-bond donors (Lipinski definition) is 0. The molecule has 0 spiro atoms. The summed E-state index contributed by atoms with van der Waals surface area (Å²) in [5.41, 5.74) is 3.14. The van der Waals surface area contributed by atoms with Gasteiger partial charge in [-0.3, -0.25) is 4.90 Å². The lowest BCUT2D eigenvalue weighted by Crippen LogP contribution is -2.33. The van der Waals surface area contributed by atoms with Crippen LogP contribution in [0.15, 0.2) is 17.1 Å². The Morgan fingerprint density at radius 1 is 1.39 bits per heavy atom. The van der Waals surface area contributed by atoms with E-state index < -0.39 is 0 Å². The molecule has 0 N–H and O–H groups in total. The number of nitrogens with zero attached hydrogens (tertiary/aromatic N) is 3. The quantitative estimate of drug-likeness (QED) is 0.863. The molecule has 0 aliphatic carbocycles. The second-order valence-electron chi connectivity index (χ2n) is 4.81. The summed E-state index contributed by atoms with van der Waals surface area (Å²) >= 11 is 3.57. The molecule has 1 unspecified atom stereocenters. The first-order valence-electron chi connectivity index (χ1n) is 6.33. The molecule has 0 saturated carbocycles. The average Bonchev–Trinajstić information content (AvgIpc) is 3.02. The van der Waals surface area contributed by atoms with E-state index in [1.807, 2.05) is 11.7 Å². The summed E-state index contributed by atoms with van der Waals surface area (Å²) in [6.07, 6.45) is 4.49. The molecule has 18 heavy (non-hydrogen) atoms. The zero-order valence-corrected chi connectivity index (χ0v) is 12.1. The van der Waals surface area contributed by atoms with Crippen molar-refractivity contribution in [1.29, 1.82) is 0 Å². The van der Waals surface area contributed by atoms with E-state index in [-0.39, 0.29) is 0 Å². The Labute approximate surface area is 116 Å². The van der Waals surface area contributed by atoms with Gasteiger partial charge in [-0.1, -0.05) is 0 Å². The summed E-state index contributed by atoms with van der Waals surface area (Å²) in [5.74, 6) is 0.631. The lowest BCUT2D eigenvalue weighted by molar-refractivity contribution is 0.201. The molecule has 3 heterocycles. The summed E-state index contributed by atoms with van der Waals surface area (Å²) in [6, 6.07) is 0. The first kappa shape index (κ1) is 12.3. The molecule has 96 valence electrons. The summed E-state index contributed by atoms with van der Waals surface area (Å²) in [4.78, 5) is 12.8. The minimum Gasteiger partial charge on any atom is -0.297 e. The fourth-order valence-electron chi connectivity index (χ4n) is 2.52. The van der Waals surface area contributed by atoms with Crippen LogP contribution >= 0.6 is 22.7 Å². The van der Waals surface area contributed by atoms with Crippen molar-refractivity contribution in [2.75, 3.05) is 13.1 Å². The van der Waals surface area contributed by atoms with Crippen molar-refractivity contribution in [2.24, 2.45) is 0 Å². The van der Waals surface area contributed by atoms with Gasteiger partial charge < -0.3 is 0 Å². The molecular formula is C13H17N3S2. The first-order chi connectivity index (χ1) is 8.83. The van der Waals surface area contributed by atoms with Gasteiger partial charge in [0.05, 0.1) is 16.2 Å². The maximum Gasteiger partial charge on any atom is 0.0968 e. The maximum absolute atomic E-state index is 4.47. The highest BCUT2D eigenvalue weighted by Crippen LogP contribution is 2.29. The van der Waals surface area contributed by atoms with E-state index in [9.17, 15) is 0 Å². The molecular weight excluding hydrogens is 262 g/mol. The van der Waals surface area contributed by atoms with Crippen LogP contribution in [0.2, 0.25) is 0 Å². The Morgan fingerprint density at radius 3 is 3.06 bits per heavy atom. The molecule has 1 aliphatic heterocycles. The highest BCUT2D eigenvalue weighted by molar-refractivity contribution is 7.09. The molecule has 0 bridgehead atoms. The fourth-order valence-corrected chi connectivity index (χ4v) is 4.10. The number of hydrogen-bond acceptors (Lipinski definition) is 5. The van der Waals surface area contributed by atoms with Crippen molar-refractivity contribution in [3.8, 4) is 0 Å². The monoisotopic (exact) mass is 279 g/mol. The molecule has 5 heteroatoms. The van der Waals surface area contributed by atoms with Crippen LogP contribution in [0.3, 0.4) is 0 Å². The van der Waals surface area contributed by atoms with Crippen LogP contribution in [0.4, 0.5) is 0 Å².